The number of rotatable bonds is 6. The van der Waals surface area contributed by atoms with Crippen molar-refractivity contribution in [3.05, 3.63) is 61.7 Å². The van der Waals surface area contributed by atoms with Gasteiger partial charge in [0.1, 0.15) is 0 Å². The largest absolute Gasteiger partial charge is 0.332 e. The van der Waals surface area contributed by atoms with E-state index in [0.29, 0.717) is 40.4 Å². The van der Waals surface area contributed by atoms with Crippen LogP contribution < -0.4 is 5.56 Å². The van der Waals surface area contributed by atoms with Crippen molar-refractivity contribution in [3.8, 4) is 0 Å². The van der Waals surface area contributed by atoms with Crippen molar-refractivity contribution in [2.24, 2.45) is 5.92 Å². The van der Waals surface area contributed by atoms with Crippen LogP contribution in [0.1, 0.15) is 36.1 Å². The van der Waals surface area contributed by atoms with Gasteiger partial charge in [-0.15, -0.1) is 11.3 Å². The topological polar surface area (TPSA) is 55.2 Å². The number of thiophene rings is 1. The van der Waals surface area contributed by atoms with Gasteiger partial charge in [-0.05, 0) is 31.0 Å². The van der Waals surface area contributed by atoms with E-state index in [2.05, 4.69) is 5.10 Å². The Morgan fingerprint density at radius 3 is 2.52 bits per heavy atom. The summed E-state index contributed by atoms with van der Waals surface area (Å²) >= 11 is 7.47. The number of hydrogen-bond acceptors (Lipinski definition) is 4. The number of carbonyl (C=O) groups is 1. The quantitative estimate of drug-likeness (QED) is 0.611. The standard InChI is InChI=1S/C20H22ClN3O2S/c1-4-23(12-14-9-10-17(21)27-14)20(26)18-15-7-5-6-8-16(15)19(25)24(22-18)11-13(2)3/h5-10,13H,4,11-12H2,1-3H3. The zero-order valence-corrected chi connectivity index (χ0v) is 17.2. The second kappa shape index (κ2) is 8.23. The fraction of sp³-hybridized carbons (Fsp3) is 0.350. The number of aromatic nitrogens is 2. The van der Waals surface area contributed by atoms with E-state index in [9.17, 15) is 9.59 Å². The first-order valence-corrected chi connectivity index (χ1v) is 10.1. The SMILES string of the molecule is CCN(Cc1ccc(Cl)s1)C(=O)c1nn(CC(C)C)c(=O)c2ccccc12. The molecule has 2 aromatic heterocycles. The summed E-state index contributed by atoms with van der Waals surface area (Å²) in [5.74, 6) is 0.0607. The maximum absolute atomic E-state index is 13.3. The van der Waals surface area contributed by atoms with E-state index in [1.165, 1.54) is 16.0 Å². The average Bonchev–Trinajstić information content (AvgIpc) is 3.06. The smallest absolute Gasteiger partial charge is 0.275 e. The minimum atomic E-state index is -0.185. The molecule has 0 saturated carbocycles. The molecule has 27 heavy (non-hydrogen) atoms. The number of hydrogen-bond donors (Lipinski definition) is 0. The summed E-state index contributed by atoms with van der Waals surface area (Å²) in [6.07, 6.45) is 0. The molecule has 0 spiro atoms. The molecule has 0 fully saturated rings. The van der Waals surface area contributed by atoms with Crippen LogP contribution in [0.15, 0.2) is 41.2 Å². The van der Waals surface area contributed by atoms with Gasteiger partial charge < -0.3 is 4.90 Å². The van der Waals surface area contributed by atoms with Crippen LogP contribution in [0.4, 0.5) is 0 Å². The Kier molecular flexibility index (Phi) is 5.97. The Bertz CT molecular complexity index is 1030. The molecule has 0 bridgehead atoms. The van der Waals surface area contributed by atoms with Gasteiger partial charge in [-0.2, -0.15) is 5.10 Å². The Morgan fingerprint density at radius 2 is 1.93 bits per heavy atom. The van der Waals surface area contributed by atoms with E-state index >= 15 is 0 Å². The first-order valence-electron chi connectivity index (χ1n) is 8.94. The molecule has 3 aromatic rings. The predicted octanol–water partition coefficient (Wildman–Crippen LogP) is 4.43. The lowest BCUT2D eigenvalue weighted by Gasteiger charge is -2.21. The maximum atomic E-state index is 13.3. The van der Waals surface area contributed by atoms with E-state index in [1.54, 1.807) is 17.0 Å². The predicted molar refractivity (Wildman–Crippen MR) is 111 cm³/mol. The molecule has 3 rings (SSSR count). The summed E-state index contributed by atoms with van der Waals surface area (Å²) in [6, 6.07) is 10.9. The van der Waals surface area contributed by atoms with Gasteiger partial charge in [0.2, 0.25) is 0 Å². The summed E-state index contributed by atoms with van der Waals surface area (Å²) in [5.41, 5.74) is 0.152. The van der Waals surface area contributed by atoms with Gasteiger partial charge in [-0.25, -0.2) is 4.68 Å². The van der Waals surface area contributed by atoms with Crippen molar-refractivity contribution in [3.63, 3.8) is 0 Å². The number of fused-ring (bicyclic) bond motifs is 1. The number of benzene rings is 1. The molecule has 1 amide bonds. The molecule has 5 nitrogen and oxygen atoms in total. The van der Waals surface area contributed by atoms with Crippen LogP contribution in [0.5, 0.6) is 0 Å². The van der Waals surface area contributed by atoms with Crippen LogP contribution in [0, 0.1) is 5.92 Å². The van der Waals surface area contributed by atoms with Gasteiger partial charge in [-0.3, -0.25) is 9.59 Å². The third kappa shape index (κ3) is 4.22. The molecule has 2 heterocycles. The van der Waals surface area contributed by atoms with Crippen molar-refractivity contribution in [2.45, 2.75) is 33.9 Å². The Morgan fingerprint density at radius 1 is 1.22 bits per heavy atom. The van der Waals surface area contributed by atoms with Gasteiger partial charge in [0, 0.05) is 23.4 Å². The number of carbonyl (C=O) groups excluding carboxylic acids is 1. The highest BCUT2D eigenvalue weighted by Crippen LogP contribution is 2.24. The first-order chi connectivity index (χ1) is 12.9. The first kappa shape index (κ1) is 19.6. The molecule has 0 N–H and O–H groups in total. The molecule has 0 radical (unpaired) electrons. The lowest BCUT2D eigenvalue weighted by Crippen LogP contribution is -2.34. The molecule has 0 aliphatic rings. The van der Waals surface area contributed by atoms with Gasteiger partial charge in [-0.1, -0.05) is 43.6 Å². The van der Waals surface area contributed by atoms with Crippen LogP contribution >= 0.6 is 22.9 Å². The Labute approximate surface area is 167 Å². The van der Waals surface area contributed by atoms with Gasteiger partial charge in [0.25, 0.3) is 11.5 Å². The summed E-state index contributed by atoms with van der Waals surface area (Å²) in [6.45, 7) is 7.43. The minimum absolute atomic E-state index is 0.163. The van der Waals surface area contributed by atoms with Crippen LogP contribution in [-0.4, -0.2) is 27.1 Å². The van der Waals surface area contributed by atoms with Crippen molar-refractivity contribution in [2.75, 3.05) is 6.54 Å². The third-order valence-electron chi connectivity index (χ3n) is 4.25. The molecule has 142 valence electrons. The van der Waals surface area contributed by atoms with Gasteiger partial charge >= 0.3 is 0 Å². The van der Waals surface area contributed by atoms with Crippen LogP contribution in [0.25, 0.3) is 10.8 Å². The van der Waals surface area contributed by atoms with E-state index in [1.807, 2.05) is 45.0 Å². The third-order valence-corrected chi connectivity index (χ3v) is 5.47. The zero-order valence-electron chi connectivity index (χ0n) is 15.6. The molecular formula is C20H22ClN3O2S. The van der Waals surface area contributed by atoms with Crippen molar-refractivity contribution in [1.29, 1.82) is 0 Å². The van der Waals surface area contributed by atoms with Crippen LogP contribution in [-0.2, 0) is 13.1 Å². The molecule has 0 aliphatic heterocycles. The molecule has 7 heteroatoms. The summed E-state index contributed by atoms with van der Waals surface area (Å²) in [5, 5.41) is 5.56. The van der Waals surface area contributed by atoms with Crippen molar-refractivity contribution < 1.29 is 4.79 Å². The van der Waals surface area contributed by atoms with E-state index in [-0.39, 0.29) is 17.4 Å². The maximum Gasteiger partial charge on any atom is 0.275 e. The monoisotopic (exact) mass is 403 g/mol. The molecule has 0 atom stereocenters. The Balaban J connectivity index is 2.06. The summed E-state index contributed by atoms with van der Waals surface area (Å²) < 4.78 is 2.11. The molecular weight excluding hydrogens is 382 g/mol. The lowest BCUT2D eigenvalue weighted by molar-refractivity contribution is 0.0747. The summed E-state index contributed by atoms with van der Waals surface area (Å²) in [7, 11) is 0. The summed E-state index contributed by atoms with van der Waals surface area (Å²) in [4.78, 5) is 28.7. The van der Waals surface area contributed by atoms with Crippen LogP contribution in [0.2, 0.25) is 4.34 Å². The second-order valence-electron chi connectivity index (χ2n) is 6.80. The minimum Gasteiger partial charge on any atom is -0.332 e. The number of nitrogens with zero attached hydrogens (tertiary/aromatic N) is 3. The second-order valence-corrected chi connectivity index (χ2v) is 8.60. The number of halogens is 1. The fourth-order valence-corrected chi connectivity index (χ4v) is 4.07. The Hall–Kier alpha value is -2.18. The fourth-order valence-electron chi connectivity index (χ4n) is 2.96. The van der Waals surface area contributed by atoms with Gasteiger partial charge in [0.05, 0.1) is 16.3 Å². The van der Waals surface area contributed by atoms with E-state index in [0.717, 1.165) is 4.88 Å². The zero-order chi connectivity index (χ0) is 19.6. The highest BCUT2D eigenvalue weighted by atomic mass is 35.5. The molecule has 0 saturated heterocycles. The van der Waals surface area contributed by atoms with Gasteiger partial charge in [0.15, 0.2) is 5.69 Å². The molecule has 0 unspecified atom stereocenters. The van der Waals surface area contributed by atoms with Crippen molar-refractivity contribution >= 4 is 39.6 Å². The molecule has 0 aliphatic carbocycles. The molecule has 1 aromatic carbocycles. The normalized spacial score (nSPS) is 11.3. The highest BCUT2D eigenvalue weighted by Gasteiger charge is 2.22. The van der Waals surface area contributed by atoms with E-state index in [4.69, 9.17) is 11.6 Å². The van der Waals surface area contributed by atoms with E-state index < -0.39 is 0 Å². The average molecular weight is 404 g/mol. The number of amides is 1. The highest BCUT2D eigenvalue weighted by molar-refractivity contribution is 7.16. The lowest BCUT2D eigenvalue weighted by atomic mass is 10.1. The van der Waals surface area contributed by atoms with Crippen molar-refractivity contribution in [1.82, 2.24) is 14.7 Å². The van der Waals surface area contributed by atoms with Crippen LogP contribution in [0.3, 0.4) is 0 Å².